The summed E-state index contributed by atoms with van der Waals surface area (Å²) in [5, 5.41) is 4.84. The van der Waals surface area contributed by atoms with Crippen molar-refractivity contribution in [1.29, 1.82) is 0 Å². The van der Waals surface area contributed by atoms with Crippen molar-refractivity contribution in [3.05, 3.63) is 108 Å². The molecular weight excluding hydrogens is 408 g/mol. The lowest BCUT2D eigenvalue weighted by Gasteiger charge is -2.34. The predicted octanol–water partition coefficient (Wildman–Crippen LogP) is 4.81. The van der Waals surface area contributed by atoms with Gasteiger partial charge in [0.1, 0.15) is 5.69 Å². The van der Waals surface area contributed by atoms with Gasteiger partial charge in [0.05, 0.1) is 11.4 Å². The third-order valence-corrected chi connectivity index (χ3v) is 6.15. The van der Waals surface area contributed by atoms with E-state index in [2.05, 4.69) is 48.2 Å². The fraction of sp³-hybridized carbons (Fsp3) is 0.214. The maximum Gasteiger partial charge on any atom is 0.272 e. The molecular formula is C28H28N4O. The van der Waals surface area contributed by atoms with Gasteiger partial charge in [-0.3, -0.25) is 9.69 Å². The minimum Gasteiger partial charge on any atom is -0.335 e. The first-order valence-corrected chi connectivity index (χ1v) is 11.5. The highest BCUT2D eigenvalue weighted by Gasteiger charge is 2.26. The van der Waals surface area contributed by atoms with Gasteiger partial charge in [-0.1, -0.05) is 72.8 Å². The van der Waals surface area contributed by atoms with E-state index in [9.17, 15) is 4.79 Å². The van der Waals surface area contributed by atoms with Crippen LogP contribution in [-0.4, -0.2) is 51.7 Å². The maximum absolute atomic E-state index is 13.6. The number of aromatic nitrogens is 2. The van der Waals surface area contributed by atoms with Crippen molar-refractivity contribution < 1.29 is 4.79 Å². The lowest BCUT2D eigenvalue weighted by atomic mass is 10.1. The zero-order valence-corrected chi connectivity index (χ0v) is 18.9. The highest BCUT2D eigenvalue weighted by Crippen LogP contribution is 2.23. The number of hydrogen-bond acceptors (Lipinski definition) is 3. The summed E-state index contributed by atoms with van der Waals surface area (Å²) in [7, 11) is 0. The number of carbonyl (C=O) groups excluding carboxylic acids is 1. The molecule has 0 bridgehead atoms. The second-order valence-corrected chi connectivity index (χ2v) is 8.59. The second-order valence-electron chi connectivity index (χ2n) is 8.59. The number of benzene rings is 3. The SMILES string of the molecule is Cc1cccc(-n2nc(-c3ccccc3)cc2C(=O)N2CCN(Cc3ccccc3)CC2)c1. The molecule has 0 saturated carbocycles. The molecule has 0 aliphatic carbocycles. The van der Waals surface area contributed by atoms with E-state index in [1.165, 1.54) is 5.56 Å². The molecule has 33 heavy (non-hydrogen) atoms. The van der Waals surface area contributed by atoms with Gasteiger partial charge in [0.2, 0.25) is 0 Å². The lowest BCUT2D eigenvalue weighted by Crippen LogP contribution is -2.48. The first kappa shape index (κ1) is 21.2. The van der Waals surface area contributed by atoms with Crippen LogP contribution in [0.1, 0.15) is 21.6 Å². The van der Waals surface area contributed by atoms with E-state index < -0.39 is 0 Å². The van der Waals surface area contributed by atoms with Gasteiger partial charge in [0, 0.05) is 38.3 Å². The average molecular weight is 437 g/mol. The fourth-order valence-corrected chi connectivity index (χ4v) is 4.35. The zero-order valence-electron chi connectivity index (χ0n) is 18.9. The summed E-state index contributed by atoms with van der Waals surface area (Å²) in [6.07, 6.45) is 0. The van der Waals surface area contributed by atoms with Crippen LogP contribution in [0, 0.1) is 6.92 Å². The Labute approximate surface area is 194 Å². The molecule has 1 fully saturated rings. The molecule has 1 aliphatic heterocycles. The molecule has 1 aromatic heterocycles. The largest absolute Gasteiger partial charge is 0.335 e. The predicted molar refractivity (Wildman–Crippen MR) is 131 cm³/mol. The number of hydrogen-bond donors (Lipinski definition) is 0. The van der Waals surface area contributed by atoms with Crippen molar-refractivity contribution in [3.8, 4) is 16.9 Å². The fourth-order valence-electron chi connectivity index (χ4n) is 4.35. The Morgan fingerprint density at radius 3 is 2.21 bits per heavy atom. The van der Waals surface area contributed by atoms with E-state index in [4.69, 9.17) is 5.10 Å². The Bertz CT molecular complexity index is 1230. The molecule has 4 aromatic rings. The van der Waals surface area contributed by atoms with Crippen LogP contribution >= 0.6 is 0 Å². The molecule has 1 saturated heterocycles. The van der Waals surface area contributed by atoms with E-state index in [0.29, 0.717) is 18.8 Å². The van der Waals surface area contributed by atoms with E-state index >= 15 is 0 Å². The van der Waals surface area contributed by atoms with Crippen LogP contribution in [0.5, 0.6) is 0 Å². The van der Waals surface area contributed by atoms with Crippen molar-refractivity contribution in [2.75, 3.05) is 26.2 Å². The first-order chi connectivity index (χ1) is 16.2. The number of rotatable bonds is 5. The van der Waals surface area contributed by atoms with Crippen LogP contribution in [0.25, 0.3) is 16.9 Å². The maximum atomic E-state index is 13.6. The second kappa shape index (κ2) is 9.43. The van der Waals surface area contributed by atoms with Crippen molar-refractivity contribution in [2.24, 2.45) is 0 Å². The van der Waals surface area contributed by atoms with Crippen LogP contribution in [0.3, 0.4) is 0 Å². The Morgan fingerprint density at radius 1 is 0.818 bits per heavy atom. The summed E-state index contributed by atoms with van der Waals surface area (Å²) in [6, 6.07) is 30.6. The highest BCUT2D eigenvalue weighted by molar-refractivity contribution is 5.94. The number of carbonyl (C=O) groups is 1. The van der Waals surface area contributed by atoms with E-state index in [0.717, 1.165) is 42.1 Å². The standard InChI is InChI=1S/C28H28N4O/c1-22-9-8-14-25(19-22)32-27(20-26(29-32)24-12-6-3-7-13-24)28(33)31-17-15-30(16-18-31)21-23-10-4-2-5-11-23/h2-14,19-20H,15-18,21H2,1H3. The molecule has 5 rings (SSSR count). The summed E-state index contributed by atoms with van der Waals surface area (Å²) >= 11 is 0. The molecule has 166 valence electrons. The smallest absolute Gasteiger partial charge is 0.272 e. The Morgan fingerprint density at radius 2 is 1.52 bits per heavy atom. The van der Waals surface area contributed by atoms with Gasteiger partial charge in [0.15, 0.2) is 0 Å². The number of aryl methyl sites for hydroxylation is 1. The van der Waals surface area contributed by atoms with Gasteiger partial charge in [-0.15, -0.1) is 0 Å². The molecule has 0 spiro atoms. The summed E-state index contributed by atoms with van der Waals surface area (Å²) in [5.74, 6) is 0.0329. The Kier molecular flexibility index (Phi) is 6.05. The third kappa shape index (κ3) is 4.73. The molecule has 1 amide bonds. The first-order valence-electron chi connectivity index (χ1n) is 11.5. The monoisotopic (exact) mass is 436 g/mol. The molecule has 3 aromatic carbocycles. The van der Waals surface area contributed by atoms with E-state index in [1.54, 1.807) is 4.68 Å². The number of nitrogens with zero attached hydrogens (tertiary/aromatic N) is 4. The van der Waals surface area contributed by atoms with Gasteiger partial charge in [-0.2, -0.15) is 5.10 Å². The molecule has 5 heteroatoms. The van der Waals surface area contributed by atoms with Crippen molar-refractivity contribution in [3.63, 3.8) is 0 Å². The van der Waals surface area contributed by atoms with Crippen LogP contribution in [0.4, 0.5) is 0 Å². The van der Waals surface area contributed by atoms with Gasteiger partial charge < -0.3 is 4.90 Å². The summed E-state index contributed by atoms with van der Waals surface area (Å²) in [5.41, 5.74) is 5.77. The highest BCUT2D eigenvalue weighted by atomic mass is 16.2. The molecule has 0 radical (unpaired) electrons. The minimum absolute atomic E-state index is 0.0329. The van der Waals surface area contributed by atoms with Crippen molar-refractivity contribution in [1.82, 2.24) is 19.6 Å². The van der Waals surface area contributed by atoms with E-state index in [1.807, 2.05) is 59.5 Å². The summed E-state index contributed by atoms with van der Waals surface area (Å²) < 4.78 is 1.80. The summed E-state index contributed by atoms with van der Waals surface area (Å²) in [6.45, 7) is 6.13. The van der Waals surface area contributed by atoms with Gasteiger partial charge in [-0.25, -0.2) is 4.68 Å². The third-order valence-electron chi connectivity index (χ3n) is 6.15. The zero-order chi connectivity index (χ0) is 22.6. The normalized spacial score (nSPS) is 14.4. The number of amides is 1. The lowest BCUT2D eigenvalue weighted by molar-refractivity contribution is 0.0619. The average Bonchev–Trinajstić information content (AvgIpc) is 3.31. The quantitative estimate of drug-likeness (QED) is 0.451. The molecule has 0 unspecified atom stereocenters. The van der Waals surface area contributed by atoms with Crippen molar-refractivity contribution >= 4 is 5.91 Å². The van der Waals surface area contributed by atoms with Gasteiger partial charge in [0.25, 0.3) is 5.91 Å². The van der Waals surface area contributed by atoms with Crippen LogP contribution in [-0.2, 0) is 6.54 Å². The van der Waals surface area contributed by atoms with Crippen LogP contribution in [0.15, 0.2) is 91.0 Å². The Balaban J connectivity index is 1.39. The van der Waals surface area contributed by atoms with Crippen LogP contribution < -0.4 is 0 Å². The van der Waals surface area contributed by atoms with Crippen molar-refractivity contribution in [2.45, 2.75) is 13.5 Å². The molecule has 0 N–H and O–H groups in total. The minimum atomic E-state index is 0.0329. The number of piperazine rings is 1. The van der Waals surface area contributed by atoms with E-state index in [-0.39, 0.29) is 5.91 Å². The van der Waals surface area contributed by atoms with Gasteiger partial charge >= 0.3 is 0 Å². The Hall–Kier alpha value is -3.70. The summed E-state index contributed by atoms with van der Waals surface area (Å²) in [4.78, 5) is 18.0. The molecule has 5 nitrogen and oxygen atoms in total. The molecule has 2 heterocycles. The van der Waals surface area contributed by atoms with Gasteiger partial charge in [-0.05, 0) is 36.2 Å². The topological polar surface area (TPSA) is 41.4 Å². The molecule has 0 atom stereocenters. The van der Waals surface area contributed by atoms with Crippen LogP contribution in [0.2, 0.25) is 0 Å². The molecule has 1 aliphatic rings.